The molecule has 0 aliphatic rings. The molecular weight excluding hydrogens is 293 g/mol. The van der Waals surface area contributed by atoms with Crippen molar-refractivity contribution in [3.05, 3.63) is 34.1 Å². The van der Waals surface area contributed by atoms with Gasteiger partial charge in [-0.1, -0.05) is 15.9 Å². The summed E-state index contributed by atoms with van der Waals surface area (Å²) in [6.07, 6.45) is -2.73. The van der Waals surface area contributed by atoms with Crippen molar-refractivity contribution in [2.24, 2.45) is 0 Å². The Kier molecular flexibility index (Phi) is 3.59. The van der Waals surface area contributed by atoms with Gasteiger partial charge in [0.2, 0.25) is 0 Å². The molecule has 88 valence electrons. The Hall–Kier alpha value is -1.08. The van der Waals surface area contributed by atoms with E-state index in [2.05, 4.69) is 15.9 Å². The number of aliphatic hydroxyl groups is 1. The second-order valence-electron chi connectivity index (χ2n) is 3.00. The Balaban J connectivity index is 3.19. The van der Waals surface area contributed by atoms with E-state index in [4.69, 9.17) is 10.2 Å². The van der Waals surface area contributed by atoms with Crippen molar-refractivity contribution in [2.75, 3.05) is 0 Å². The van der Waals surface area contributed by atoms with Gasteiger partial charge in [0.15, 0.2) is 6.10 Å². The highest BCUT2D eigenvalue weighted by Gasteiger charge is 2.48. The minimum atomic E-state index is -4.44. The molecule has 0 aliphatic carbocycles. The molecule has 1 atom stereocenters. The Morgan fingerprint density at radius 2 is 2.00 bits per heavy atom. The molecule has 0 bridgehead atoms. The van der Waals surface area contributed by atoms with Crippen LogP contribution in [0, 0.1) is 5.82 Å². The molecule has 16 heavy (non-hydrogen) atoms. The summed E-state index contributed by atoms with van der Waals surface area (Å²) in [7, 11) is 0. The topological polar surface area (TPSA) is 57.5 Å². The van der Waals surface area contributed by atoms with E-state index < -0.39 is 29.4 Å². The number of aliphatic carboxylic acids is 1. The van der Waals surface area contributed by atoms with Gasteiger partial charge in [-0.25, -0.2) is 9.18 Å². The number of alkyl halides is 2. The van der Waals surface area contributed by atoms with Gasteiger partial charge < -0.3 is 10.2 Å². The van der Waals surface area contributed by atoms with Gasteiger partial charge in [-0.05, 0) is 18.2 Å². The first-order valence-corrected chi connectivity index (χ1v) is 4.80. The second kappa shape index (κ2) is 4.42. The Labute approximate surface area is 96.6 Å². The monoisotopic (exact) mass is 298 g/mol. The van der Waals surface area contributed by atoms with Crippen LogP contribution in [0.15, 0.2) is 22.7 Å². The number of hydrogen-bond donors (Lipinski definition) is 2. The molecule has 1 unspecified atom stereocenters. The number of halogens is 4. The fourth-order valence-corrected chi connectivity index (χ4v) is 1.42. The maximum atomic E-state index is 13.1. The molecular formula is C9H6BrF3O3. The number of carbonyl (C=O) groups is 1. The summed E-state index contributed by atoms with van der Waals surface area (Å²) in [5.41, 5.74) is -0.776. The lowest BCUT2D eigenvalue weighted by molar-refractivity contribution is -0.183. The van der Waals surface area contributed by atoms with E-state index in [9.17, 15) is 18.0 Å². The lowest BCUT2D eigenvalue weighted by Crippen LogP contribution is -2.36. The molecule has 1 rings (SSSR count). The number of aliphatic hydroxyl groups excluding tert-OH is 1. The van der Waals surface area contributed by atoms with Gasteiger partial charge in [-0.15, -0.1) is 0 Å². The lowest BCUT2D eigenvalue weighted by Gasteiger charge is -2.19. The van der Waals surface area contributed by atoms with Crippen LogP contribution in [0.5, 0.6) is 0 Å². The average Bonchev–Trinajstić information content (AvgIpc) is 2.20. The number of rotatable bonds is 3. The first kappa shape index (κ1) is 13.0. The second-order valence-corrected chi connectivity index (χ2v) is 3.91. The first-order chi connectivity index (χ1) is 7.26. The van der Waals surface area contributed by atoms with E-state index in [1.165, 1.54) is 6.07 Å². The van der Waals surface area contributed by atoms with Crippen LogP contribution < -0.4 is 0 Å². The van der Waals surface area contributed by atoms with Crippen molar-refractivity contribution in [1.82, 2.24) is 0 Å². The third-order valence-corrected chi connectivity index (χ3v) is 2.37. The normalized spacial score (nSPS) is 13.6. The van der Waals surface area contributed by atoms with E-state index >= 15 is 0 Å². The molecule has 7 heteroatoms. The zero-order valence-electron chi connectivity index (χ0n) is 7.62. The predicted octanol–water partition coefficient (Wildman–Crippen LogP) is 2.34. The van der Waals surface area contributed by atoms with Gasteiger partial charge in [-0.2, -0.15) is 8.78 Å². The molecule has 0 heterocycles. The Bertz CT molecular complexity index is 422. The largest absolute Gasteiger partial charge is 0.477 e. The minimum absolute atomic E-state index is 0.254. The van der Waals surface area contributed by atoms with Crippen LogP contribution in [0.1, 0.15) is 11.7 Å². The van der Waals surface area contributed by atoms with E-state index in [1.54, 1.807) is 0 Å². The summed E-state index contributed by atoms with van der Waals surface area (Å²) < 4.78 is 39.2. The first-order valence-electron chi connectivity index (χ1n) is 4.01. The minimum Gasteiger partial charge on any atom is -0.477 e. The fourth-order valence-electron chi connectivity index (χ4n) is 1.04. The molecule has 0 saturated heterocycles. The van der Waals surface area contributed by atoms with Crippen LogP contribution in [-0.2, 0) is 4.79 Å². The lowest BCUT2D eigenvalue weighted by atomic mass is 10.0. The molecule has 1 aromatic carbocycles. The third-order valence-electron chi connectivity index (χ3n) is 1.88. The molecule has 0 saturated carbocycles. The van der Waals surface area contributed by atoms with Crippen LogP contribution >= 0.6 is 15.9 Å². The molecule has 0 aromatic heterocycles. The average molecular weight is 299 g/mol. The molecule has 2 N–H and O–H groups in total. The molecule has 0 radical (unpaired) electrons. The third kappa shape index (κ3) is 2.35. The maximum absolute atomic E-state index is 13.1. The highest BCUT2D eigenvalue weighted by molar-refractivity contribution is 9.10. The van der Waals surface area contributed by atoms with Gasteiger partial charge >= 0.3 is 11.9 Å². The summed E-state index contributed by atoms with van der Waals surface area (Å²) in [5, 5.41) is 17.3. The Morgan fingerprint density at radius 1 is 1.44 bits per heavy atom. The zero-order chi connectivity index (χ0) is 12.5. The van der Waals surface area contributed by atoms with Crippen molar-refractivity contribution >= 4 is 21.9 Å². The SMILES string of the molecule is O=C(O)C(F)(F)C(O)c1cc(Br)ccc1F. The van der Waals surface area contributed by atoms with Gasteiger partial charge in [0.1, 0.15) is 5.82 Å². The van der Waals surface area contributed by atoms with Crippen LogP contribution in [-0.4, -0.2) is 22.1 Å². The summed E-state index contributed by atoms with van der Waals surface area (Å²) in [6.45, 7) is 0. The highest BCUT2D eigenvalue weighted by atomic mass is 79.9. The van der Waals surface area contributed by atoms with Crippen LogP contribution in [0.4, 0.5) is 13.2 Å². The molecule has 3 nitrogen and oxygen atoms in total. The smallest absolute Gasteiger partial charge is 0.377 e. The molecule has 0 aliphatic heterocycles. The molecule has 0 amide bonds. The zero-order valence-corrected chi connectivity index (χ0v) is 9.21. The predicted molar refractivity (Wildman–Crippen MR) is 51.6 cm³/mol. The summed E-state index contributed by atoms with van der Waals surface area (Å²) >= 11 is 2.90. The fraction of sp³-hybridized carbons (Fsp3) is 0.222. The van der Waals surface area contributed by atoms with Crippen molar-refractivity contribution in [2.45, 2.75) is 12.0 Å². The van der Waals surface area contributed by atoms with Crippen LogP contribution in [0.25, 0.3) is 0 Å². The summed E-state index contributed by atoms with van der Waals surface area (Å²) in [5.74, 6) is -8.06. The molecule has 0 spiro atoms. The van der Waals surface area contributed by atoms with Crippen LogP contribution in [0.3, 0.4) is 0 Å². The highest BCUT2D eigenvalue weighted by Crippen LogP contribution is 2.34. The standard InChI is InChI=1S/C9H6BrF3O3/c10-4-1-2-6(11)5(3-4)7(14)9(12,13)8(15)16/h1-3,7,14H,(H,15,16). The molecule has 0 fully saturated rings. The quantitative estimate of drug-likeness (QED) is 0.900. The number of carboxylic acid groups (broad SMARTS) is 1. The van der Waals surface area contributed by atoms with Crippen molar-refractivity contribution < 1.29 is 28.2 Å². The van der Waals surface area contributed by atoms with Gasteiger partial charge in [0, 0.05) is 10.0 Å². The van der Waals surface area contributed by atoms with Gasteiger partial charge in [-0.3, -0.25) is 0 Å². The number of hydrogen-bond acceptors (Lipinski definition) is 2. The van der Waals surface area contributed by atoms with E-state index in [-0.39, 0.29) is 4.47 Å². The summed E-state index contributed by atoms with van der Waals surface area (Å²) in [6, 6.07) is 2.99. The number of carboxylic acids is 1. The molecule has 1 aromatic rings. The number of benzene rings is 1. The maximum Gasteiger partial charge on any atom is 0.377 e. The van der Waals surface area contributed by atoms with Crippen molar-refractivity contribution in [1.29, 1.82) is 0 Å². The van der Waals surface area contributed by atoms with Crippen molar-refractivity contribution in [3.8, 4) is 0 Å². The van der Waals surface area contributed by atoms with E-state index in [0.717, 1.165) is 12.1 Å². The van der Waals surface area contributed by atoms with E-state index in [1.807, 2.05) is 0 Å². The Morgan fingerprint density at radius 3 is 2.50 bits per heavy atom. The van der Waals surface area contributed by atoms with E-state index in [0.29, 0.717) is 0 Å². The summed E-state index contributed by atoms with van der Waals surface area (Å²) in [4.78, 5) is 10.2. The van der Waals surface area contributed by atoms with Gasteiger partial charge in [0.05, 0.1) is 0 Å². The van der Waals surface area contributed by atoms with Crippen LogP contribution in [0.2, 0.25) is 0 Å². The van der Waals surface area contributed by atoms with Crippen molar-refractivity contribution in [3.63, 3.8) is 0 Å². The van der Waals surface area contributed by atoms with Gasteiger partial charge in [0.25, 0.3) is 0 Å².